The lowest BCUT2D eigenvalue weighted by Crippen LogP contribution is -2.11. The van der Waals surface area contributed by atoms with Crippen LogP contribution in [-0.2, 0) is 9.53 Å². The highest BCUT2D eigenvalue weighted by Gasteiger charge is 2.14. The average molecular weight is 224 g/mol. The predicted octanol–water partition coefficient (Wildman–Crippen LogP) is 3.88. The molecule has 0 saturated heterocycles. The number of hydrogen-bond acceptors (Lipinski definition) is 2. The molecule has 0 aromatic rings. The van der Waals surface area contributed by atoms with Gasteiger partial charge in [0.05, 0.1) is 7.11 Å². The molecule has 0 heterocycles. The van der Waals surface area contributed by atoms with E-state index in [4.69, 9.17) is 4.74 Å². The Kier molecular flexibility index (Phi) is 7.61. The van der Waals surface area contributed by atoms with Gasteiger partial charge >= 0.3 is 5.97 Å². The molecular formula is C14H24O2. The van der Waals surface area contributed by atoms with Crippen LogP contribution in [0.2, 0.25) is 0 Å². The molecule has 0 aliphatic heterocycles. The zero-order chi connectivity index (χ0) is 12.6. The van der Waals surface area contributed by atoms with E-state index >= 15 is 0 Å². The smallest absolute Gasteiger partial charge is 0.333 e. The molecule has 0 radical (unpaired) electrons. The van der Waals surface area contributed by atoms with Gasteiger partial charge in [0.15, 0.2) is 0 Å². The predicted molar refractivity (Wildman–Crippen MR) is 68.2 cm³/mol. The van der Waals surface area contributed by atoms with Crippen molar-refractivity contribution in [3.8, 4) is 0 Å². The summed E-state index contributed by atoms with van der Waals surface area (Å²) in [5, 5.41) is 0. The van der Waals surface area contributed by atoms with Crippen LogP contribution >= 0.6 is 0 Å². The minimum atomic E-state index is -0.213. The number of esters is 1. The van der Waals surface area contributed by atoms with Crippen LogP contribution in [0.3, 0.4) is 0 Å². The molecule has 0 aliphatic carbocycles. The zero-order valence-corrected chi connectivity index (χ0v) is 11.2. The van der Waals surface area contributed by atoms with Crippen LogP contribution < -0.4 is 0 Å². The molecule has 2 heteroatoms. The fourth-order valence-corrected chi connectivity index (χ4v) is 1.48. The molecule has 0 rings (SSSR count). The molecule has 0 spiro atoms. The third-order valence-electron chi connectivity index (χ3n) is 2.76. The molecule has 0 aromatic carbocycles. The summed E-state index contributed by atoms with van der Waals surface area (Å²) in [6.07, 6.45) is 7.09. The first-order valence-corrected chi connectivity index (χ1v) is 6.02. The van der Waals surface area contributed by atoms with Crippen molar-refractivity contribution in [1.82, 2.24) is 0 Å². The molecule has 1 atom stereocenters. The molecule has 1 unspecified atom stereocenters. The molecule has 0 amide bonds. The first-order valence-electron chi connectivity index (χ1n) is 6.02. The normalized spacial score (nSPS) is 14.8. The Morgan fingerprint density at radius 3 is 2.38 bits per heavy atom. The Bertz CT molecular complexity index is 274. The highest BCUT2D eigenvalue weighted by molar-refractivity contribution is 5.89. The Morgan fingerprint density at radius 2 is 1.94 bits per heavy atom. The Labute approximate surface area is 99.4 Å². The molecule has 16 heavy (non-hydrogen) atoms. The maximum absolute atomic E-state index is 11.6. The van der Waals surface area contributed by atoms with Gasteiger partial charge in [-0.3, -0.25) is 0 Å². The quantitative estimate of drug-likeness (QED) is 0.389. The molecule has 0 aromatic heterocycles. The third-order valence-corrected chi connectivity index (χ3v) is 2.76. The zero-order valence-electron chi connectivity index (χ0n) is 11.2. The summed E-state index contributed by atoms with van der Waals surface area (Å²) in [5.41, 5.74) is 2.06. The van der Waals surface area contributed by atoms with Gasteiger partial charge in [-0.05, 0) is 25.7 Å². The Morgan fingerprint density at radius 1 is 1.31 bits per heavy atom. The van der Waals surface area contributed by atoms with Crippen molar-refractivity contribution in [2.75, 3.05) is 7.11 Å². The highest BCUT2D eigenvalue weighted by atomic mass is 16.5. The van der Waals surface area contributed by atoms with E-state index in [-0.39, 0.29) is 11.9 Å². The van der Waals surface area contributed by atoms with Crippen LogP contribution in [0.4, 0.5) is 0 Å². The first-order chi connectivity index (χ1) is 7.56. The second kappa shape index (κ2) is 8.14. The van der Waals surface area contributed by atoms with E-state index in [1.165, 1.54) is 12.7 Å². The average Bonchev–Trinajstić information content (AvgIpc) is 2.28. The van der Waals surface area contributed by atoms with Gasteiger partial charge in [0.1, 0.15) is 0 Å². The van der Waals surface area contributed by atoms with Gasteiger partial charge in [-0.1, -0.05) is 44.9 Å². The molecule has 0 N–H and O–H groups in total. The number of hydrogen-bond donors (Lipinski definition) is 0. The molecule has 0 saturated carbocycles. The standard InChI is InChI=1S/C14H24O2/c1-6-8-11(3)9-10-13(12(4)7-2)14(15)16-5/h9-10,12H,6-8H2,1-5H3/b11-9+,13-10+. The summed E-state index contributed by atoms with van der Waals surface area (Å²) in [5.74, 6) is 0.0352. The van der Waals surface area contributed by atoms with Crippen molar-refractivity contribution in [2.45, 2.75) is 47.0 Å². The summed E-state index contributed by atoms with van der Waals surface area (Å²) >= 11 is 0. The maximum Gasteiger partial charge on any atom is 0.333 e. The molecule has 2 nitrogen and oxygen atoms in total. The van der Waals surface area contributed by atoms with E-state index in [1.807, 2.05) is 19.1 Å². The van der Waals surface area contributed by atoms with E-state index in [2.05, 4.69) is 20.8 Å². The van der Waals surface area contributed by atoms with Crippen molar-refractivity contribution >= 4 is 5.97 Å². The van der Waals surface area contributed by atoms with Crippen LogP contribution in [0.1, 0.15) is 47.0 Å². The summed E-state index contributed by atoms with van der Waals surface area (Å²) in [7, 11) is 1.43. The maximum atomic E-state index is 11.6. The Hall–Kier alpha value is -1.05. The number of rotatable bonds is 6. The van der Waals surface area contributed by atoms with Crippen LogP contribution in [0.25, 0.3) is 0 Å². The van der Waals surface area contributed by atoms with Gasteiger partial charge in [-0.2, -0.15) is 0 Å². The van der Waals surface area contributed by atoms with Crippen LogP contribution in [-0.4, -0.2) is 13.1 Å². The monoisotopic (exact) mass is 224 g/mol. The van der Waals surface area contributed by atoms with E-state index in [1.54, 1.807) is 0 Å². The van der Waals surface area contributed by atoms with Crippen molar-refractivity contribution in [3.63, 3.8) is 0 Å². The van der Waals surface area contributed by atoms with E-state index in [0.29, 0.717) is 0 Å². The number of allylic oxidation sites excluding steroid dienone is 3. The van der Waals surface area contributed by atoms with Gasteiger partial charge in [0, 0.05) is 5.57 Å². The van der Waals surface area contributed by atoms with Crippen LogP contribution in [0, 0.1) is 5.92 Å². The minimum Gasteiger partial charge on any atom is -0.466 e. The van der Waals surface area contributed by atoms with Gasteiger partial charge in [-0.15, -0.1) is 0 Å². The highest BCUT2D eigenvalue weighted by Crippen LogP contribution is 2.16. The largest absolute Gasteiger partial charge is 0.466 e. The molecule has 0 fully saturated rings. The van der Waals surface area contributed by atoms with Crippen molar-refractivity contribution in [3.05, 3.63) is 23.3 Å². The number of carbonyl (C=O) groups excluding carboxylic acids is 1. The SMILES string of the molecule is CCC/C(C)=C/C=C(/C(=O)OC)C(C)CC. The second-order valence-corrected chi connectivity index (χ2v) is 4.19. The lowest BCUT2D eigenvalue weighted by atomic mass is 9.97. The number of methoxy groups -OCH3 is 1. The minimum absolute atomic E-state index is 0.213. The first kappa shape index (κ1) is 14.9. The van der Waals surface area contributed by atoms with Crippen LogP contribution in [0.5, 0.6) is 0 Å². The molecule has 0 aliphatic rings. The van der Waals surface area contributed by atoms with E-state index in [0.717, 1.165) is 24.8 Å². The lowest BCUT2D eigenvalue weighted by Gasteiger charge is -2.11. The summed E-state index contributed by atoms with van der Waals surface area (Å²) < 4.78 is 4.79. The van der Waals surface area contributed by atoms with Crippen molar-refractivity contribution in [1.29, 1.82) is 0 Å². The van der Waals surface area contributed by atoms with E-state index < -0.39 is 0 Å². The van der Waals surface area contributed by atoms with Gasteiger partial charge < -0.3 is 4.74 Å². The number of carbonyl (C=O) groups is 1. The van der Waals surface area contributed by atoms with Crippen LogP contribution in [0.15, 0.2) is 23.3 Å². The summed E-state index contributed by atoms with van der Waals surface area (Å²) in [4.78, 5) is 11.6. The fourth-order valence-electron chi connectivity index (χ4n) is 1.48. The van der Waals surface area contributed by atoms with Crippen molar-refractivity contribution < 1.29 is 9.53 Å². The molecule has 0 bridgehead atoms. The van der Waals surface area contributed by atoms with Crippen molar-refractivity contribution in [2.24, 2.45) is 5.92 Å². The second-order valence-electron chi connectivity index (χ2n) is 4.19. The summed E-state index contributed by atoms with van der Waals surface area (Å²) in [6, 6.07) is 0. The summed E-state index contributed by atoms with van der Waals surface area (Å²) in [6.45, 7) is 8.36. The number of ether oxygens (including phenoxy) is 1. The fraction of sp³-hybridized carbons (Fsp3) is 0.643. The Balaban J connectivity index is 4.82. The van der Waals surface area contributed by atoms with Gasteiger partial charge in [0.2, 0.25) is 0 Å². The lowest BCUT2D eigenvalue weighted by molar-refractivity contribution is -0.136. The third kappa shape index (κ3) is 5.15. The topological polar surface area (TPSA) is 26.3 Å². The van der Waals surface area contributed by atoms with E-state index in [9.17, 15) is 4.79 Å². The van der Waals surface area contributed by atoms with Gasteiger partial charge in [-0.25, -0.2) is 4.79 Å². The molecule has 92 valence electrons. The molecular weight excluding hydrogens is 200 g/mol. The van der Waals surface area contributed by atoms with Gasteiger partial charge in [0.25, 0.3) is 0 Å².